The lowest BCUT2D eigenvalue weighted by atomic mass is 10.1. The topological polar surface area (TPSA) is 58.6 Å². The van der Waals surface area contributed by atoms with Crippen LogP contribution in [0.25, 0.3) is 0 Å². The van der Waals surface area contributed by atoms with Crippen molar-refractivity contribution in [3.8, 4) is 5.75 Å². The number of amides is 2. The number of ether oxygens (including phenoxy) is 1. The van der Waals surface area contributed by atoms with Gasteiger partial charge in [-0.3, -0.25) is 9.59 Å². The van der Waals surface area contributed by atoms with Crippen molar-refractivity contribution in [2.45, 2.75) is 38.8 Å². The van der Waals surface area contributed by atoms with Gasteiger partial charge in [0.05, 0.1) is 19.4 Å². The average Bonchev–Trinajstić information content (AvgIpc) is 2.95. The van der Waals surface area contributed by atoms with Crippen LogP contribution in [0, 0.1) is 0 Å². The Morgan fingerprint density at radius 2 is 2.13 bits per heavy atom. The molecule has 5 nitrogen and oxygen atoms in total. The molecule has 0 radical (unpaired) electrons. The van der Waals surface area contributed by atoms with E-state index in [1.165, 1.54) is 0 Å². The van der Waals surface area contributed by atoms with Gasteiger partial charge in [0.2, 0.25) is 11.8 Å². The number of nitrogens with one attached hydrogen (secondary N) is 1. The summed E-state index contributed by atoms with van der Waals surface area (Å²) in [6.45, 7) is 5.82. The highest BCUT2D eigenvalue weighted by molar-refractivity contribution is 7.99. The van der Waals surface area contributed by atoms with Crippen LogP contribution in [0.4, 0.5) is 0 Å². The van der Waals surface area contributed by atoms with Gasteiger partial charge < -0.3 is 15.0 Å². The Morgan fingerprint density at radius 1 is 1.39 bits per heavy atom. The summed E-state index contributed by atoms with van der Waals surface area (Å²) in [5.41, 5.74) is 0.590. The monoisotopic (exact) mass is 336 g/mol. The van der Waals surface area contributed by atoms with E-state index >= 15 is 0 Å². The molecule has 2 amide bonds. The van der Waals surface area contributed by atoms with E-state index in [0.717, 1.165) is 11.3 Å². The summed E-state index contributed by atoms with van der Waals surface area (Å²) in [6, 6.07) is 7.07. The first-order valence-electron chi connectivity index (χ1n) is 7.62. The molecular formula is C17H24N2O3S. The summed E-state index contributed by atoms with van der Waals surface area (Å²) in [6.07, 6.45) is 0.275. The third-order valence-corrected chi connectivity index (χ3v) is 4.51. The van der Waals surface area contributed by atoms with Crippen molar-refractivity contribution in [2.24, 2.45) is 0 Å². The Morgan fingerprint density at radius 3 is 2.78 bits per heavy atom. The second-order valence-corrected chi connectivity index (χ2v) is 7.65. The third-order valence-electron chi connectivity index (χ3n) is 3.49. The zero-order chi connectivity index (χ0) is 17.0. The van der Waals surface area contributed by atoms with Crippen LogP contribution in [0.2, 0.25) is 0 Å². The van der Waals surface area contributed by atoms with Gasteiger partial charge in [-0.25, -0.2) is 0 Å². The van der Waals surface area contributed by atoms with Crippen molar-refractivity contribution >= 4 is 23.6 Å². The molecule has 126 valence electrons. The largest absolute Gasteiger partial charge is 0.497 e. The molecule has 1 fully saturated rings. The molecule has 1 aromatic rings. The lowest BCUT2D eigenvalue weighted by Gasteiger charge is -2.27. The predicted molar refractivity (Wildman–Crippen MR) is 92.6 cm³/mol. The van der Waals surface area contributed by atoms with E-state index < -0.39 is 6.04 Å². The van der Waals surface area contributed by atoms with Crippen LogP contribution in [0.3, 0.4) is 0 Å². The normalized spacial score (nSPS) is 17.9. The molecule has 1 heterocycles. The lowest BCUT2D eigenvalue weighted by Crippen LogP contribution is -2.52. The molecule has 1 aromatic carbocycles. The number of nitrogens with zero attached hydrogens (tertiary/aromatic N) is 1. The SMILES string of the molecule is COc1cccc(CC(=O)N2CSC[C@H]2C(=O)NC(C)(C)C)c1. The zero-order valence-electron chi connectivity index (χ0n) is 14.1. The maximum Gasteiger partial charge on any atom is 0.244 e. The van der Waals surface area contributed by atoms with Crippen LogP contribution in [0.5, 0.6) is 5.75 Å². The Labute approximate surface area is 141 Å². The summed E-state index contributed by atoms with van der Waals surface area (Å²) in [4.78, 5) is 26.6. The van der Waals surface area contributed by atoms with Gasteiger partial charge in [0.25, 0.3) is 0 Å². The molecule has 0 bridgehead atoms. The summed E-state index contributed by atoms with van der Waals surface area (Å²) in [5.74, 6) is 1.82. The van der Waals surface area contributed by atoms with Crippen LogP contribution in [-0.4, -0.2) is 47.0 Å². The second kappa shape index (κ2) is 7.25. The minimum absolute atomic E-state index is 0.0303. The summed E-state index contributed by atoms with van der Waals surface area (Å²) >= 11 is 1.61. The standard InChI is InChI=1S/C17H24N2O3S/c1-17(2,3)18-16(21)14-10-23-11-19(14)15(20)9-12-6-5-7-13(8-12)22-4/h5-8,14H,9-11H2,1-4H3,(H,18,21)/t14-/m0/s1. The molecular weight excluding hydrogens is 312 g/mol. The maximum atomic E-state index is 12.6. The number of carbonyl (C=O) groups is 2. The van der Waals surface area contributed by atoms with Crippen molar-refractivity contribution in [3.63, 3.8) is 0 Å². The number of hydrogen-bond acceptors (Lipinski definition) is 4. The quantitative estimate of drug-likeness (QED) is 0.914. The van der Waals surface area contributed by atoms with Crippen molar-refractivity contribution in [1.82, 2.24) is 10.2 Å². The van der Waals surface area contributed by atoms with Gasteiger partial charge in [0, 0.05) is 11.3 Å². The van der Waals surface area contributed by atoms with Crippen LogP contribution in [-0.2, 0) is 16.0 Å². The number of methoxy groups -OCH3 is 1. The molecule has 1 aliphatic rings. The van der Waals surface area contributed by atoms with E-state index in [1.54, 1.807) is 23.8 Å². The summed E-state index contributed by atoms with van der Waals surface area (Å²) < 4.78 is 5.18. The summed E-state index contributed by atoms with van der Waals surface area (Å²) in [5, 5.41) is 2.96. The minimum atomic E-state index is -0.391. The minimum Gasteiger partial charge on any atom is -0.497 e. The van der Waals surface area contributed by atoms with Gasteiger partial charge in [0.1, 0.15) is 11.8 Å². The van der Waals surface area contributed by atoms with Crippen LogP contribution in [0.15, 0.2) is 24.3 Å². The van der Waals surface area contributed by atoms with Gasteiger partial charge >= 0.3 is 0 Å². The highest BCUT2D eigenvalue weighted by Crippen LogP contribution is 2.23. The number of thioether (sulfide) groups is 1. The number of carbonyl (C=O) groups excluding carboxylic acids is 2. The van der Waals surface area contributed by atoms with Crippen molar-refractivity contribution < 1.29 is 14.3 Å². The molecule has 0 aliphatic carbocycles. The molecule has 23 heavy (non-hydrogen) atoms. The van der Waals surface area contributed by atoms with E-state index in [-0.39, 0.29) is 23.8 Å². The molecule has 1 aliphatic heterocycles. The van der Waals surface area contributed by atoms with Gasteiger partial charge in [-0.15, -0.1) is 11.8 Å². The van der Waals surface area contributed by atoms with Crippen LogP contribution >= 0.6 is 11.8 Å². The maximum absolute atomic E-state index is 12.6. The fraction of sp³-hybridized carbons (Fsp3) is 0.529. The Kier molecular flexibility index (Phi) is 5.57. The molecule has 6 heteroatoms. The molecule has 1 saturated heterocycles. The molecule has 0 aromatic heterocycles. The molecule has 0 unspecified atom stereocenters. The van der Waals surface area contributed by atoms with Gasteiger partial charge in [-0.1, -0.05) is 12.1 Å². The third kappa shape index (κ3) is 4.89. The predicted octanol–water partition coefficient (Wildman–Crippen LogP) is 2.05. The first-order chi connectivity index (χ1) is 10.8. The average molecular weight is 336 g/mol. The fourth-order valence-corrected chi connectivity index (χ4v) is 3.60. The summed E-state index contributed by atoms with van der Waals surface area (Å²) in [7, 11) is 1.60. The highest BCUT2D eigenvalue weighted by Gasteiger charge is 2.35. The van der Waals surface area contributed by atoms with Crippen molar-refractivity contribution in [1.29, 1.82) is 0 Å². The fourth-order valence-electron chi connectivity index (χ4n) is 2.42. The molecule has 2 rings (SSSR count). The van der Waals surface area contributed by atoms with Gasteiger partial charge in [0.15, 0.2) is 0 Å². The zero-order valence-corrected chi connectivity index (χ0v) is 14.9. The van der Waals surface area contributed by atoms with Crippen molar-refractivity contribution in [2.75, 3.05) is 18.7 Å². The Balaban J connectivity index is 2.04. The first-order valence-corrected chi connectivity index (χ1v) is 8.78. The Bertz CT molecular complexity index is 583. The number of benzene rings is 1. The van der Waals surface area contributed by atoms with Crippen molar-refractivity contribution in [3.05, 3.63) is 29.8 Å². The highest BCUT2D eigenvalue weighted by atomic mass is 32.2. The molecule has 0 spiro atoms. The molecule has 0 saturated carbocycles. The second-order valence-electron chi connectivity index (χ2n) is 6.65. The number of hydrogen-bond donors (Lipinski definition) is 1. The van der Waals surface area contributed by atoms with E-state index in [2.05, 4.69) is 5.32 Å². The molecule has 1 N–H and O–H groups in total. The molecule has 1 atom stereocenters. The van der Waals surface area contributed by atoms with E-state index in [9.17, 15) is 9.59 Å². The smallest absolute Gasteiger partial charge is 0.244 e. The van der Waals surface area contributed by atoms with Crippen LogP contribution < -0.4 is 10.1 Å². The van der Waals surface area contributed by atoms with Gasteiger partial charge in [-0.05, 0) is 38.5 Å². The van der Waals surface area contributed by atoms with Crippen LogP contribution in [0.1, 0.15) is 26.3 Å². The lowest BCUT2D eigenvalue weighted by molar-refractivity contribution is -0.138. The number of rotatable bonds is 4. The Hall–Kier alpha value is -1.69. The van der Waals surface area contributed by atoms with E-state index in [0.29, 0.717) is 11.6 Å². The van der Waals surface area contributed by atoms with E-state index in [4.69, 9.17) is 4.74 Å². The van der Waals surface area contributed by atoms with Gasteiger partial charge in [-0.2, -0.15) is 0 Å². The first kappa shape index (κ1) is 17.7. The van der Waals surface area contributed by atoms with E-state index in [1.807, 2.05) is 45.0 Å².